The van der Waals surface area contributed by atoms with Gasteiger partial charge in [0.05, 0.1) is 27.1 Å². The molecule has 0 aromatic heterocycles. The topological polar surface area (TPSA) is 87.6 Å². The van der Waals surface area contributed by atoms with Gasteiger partial charge in [0.2, 0.25) is 0 Å². The zero-order valence-corrected chi connectivity index (χ0v) is 13.7. The first-order valence-electron chi connectivity index (χ1n) is 6.61. The zero-order chi connectivity index (χ0) is 16.4. The minimum atomic E-state index is -4.57. The van der Waals surface area contributed by atoms with E-state index in [0.717, 1.165) is 11.1 Å². The molecule has 0 radical (unpaired) electrons. The summed E-state index contributed by atoms with van der Waals surface area (Å²) in [5.74, 6) is 0.563. The molecule has 1 heterocycles. The second-order valence-corrected chi connectivity index (χ2v) is 7.35. The summed E-state index contributed by atoms with van der Waals surface area (Å²) in [6.45, 7) is 0. The molecule has 120 valence electrons. The Kier molecular flexibility index (Phi) is 4.54. The van der Waals surface area contributed by atoms with Crippen molar-refractivity contribution in [2.24, 2.45) is 0 Å². The lowest BCUT2D eigenvalue weighted by Crippen LogP contribution is -2.60. The molecule has 0 fully saturated rings. The van der Waals surface area contributed by atoms with Crippen molar-refractivity contribution in [1.82, 2.24) is 0 Å². The smallest absolute Gasteiger partial charge is 0.148 e. The number of methoxy groups -OCH3 is 1. The van der Waals surface area contributed by atoms with E-state index in [2.05, 4.69) is 0 Å². The van der Waals surface area contributed by atoms with Crippen molar-refractivity contribution >= 4 is 21.7 Å². The standard InChI is InChI=1S/C16H13ClO5S/c1-21-14-9-7-13-8-10-15(12-5-3-2-4-6-12)23(16(13)11-14)22-17(18,19)20/h2-11H,1H3. The lowest BCUT2D eigenvalue weighted by molar-refractivity contribution is -1.91. The quantitative estimate of drug-likeness (QED) is 0.743. The van der Waals surface area contributed by atoms with E-state index in [4.69, 9.17) is 8.47 Å². The Hall–Kier alpha value is -1.67. The first kappa shape index (κ1) is 16.2. The van der Waals surface area contributed by atoms with Crippen molar-refractivity contribution < 1.29 is 32.7 Å². The predicted octanol–water partition coefficient (Wildman–Crippen LogP) is 0.399. The number of benzene rings is 2. The maximum atomic E-state index is 11.2. The van der Waals surface area contributed by atoms with Crippen LogP contribution >= 0.6 is 10.8 Å². The molecule has 0 N–H and O–H groups in total. The van der Waals surface area contributed by atoms with Crippen LogP contribution < -0.4 is 18.7 Å². The van der Waals surface area contributed by atoms with Gasteiger partial charge in [-0.25, -0.2) is 0 Å². The Bertz CT molecular complexity index is 781. The van der Waals surface area contributed by atoms with Gasteiger partial charge in [0.25, 0.3) is 0 Å². The third-order valence-electron chi connectivity index (χ3n) is 3.23. The van der Waals surface area contributed by atoms with Crippen molar-refractivity contribution in [3.8, 4) is 5.75 Å². The molecule has 1 aliphatic rings. The van der Waals surface area contributed by atoms with Crippen molar-refractivity contribution in [2.45, 2.75) is 4.90 Å². The molecule has 1 atom stereocenters. The monoisotopic (exact) mass is 352 g/mol. The molecular weight excluding hydrogens is 340 g/mol. The molecule has 3 rings (SSSR count). The zero-order valence-electron chi connectivity index (χ0n) is 12.1. The molecule has 23 heavy (non-hydrogen) atoms. The van der Waals surface area contributed by atoms with E-state index in [1.54, 1.807) is 24.3 Å². The number of hydrogen-bond donors (Lipinski definition) is 0. The van der Waals surface area contributed by atoms with Gasteiger partial charge in [-0.3, -0.25) is 0 Å². The van der Waals surface area contributed by atoms with Crippen LogP contribution in [0.1, 0.15) is 11.1 Å². The van der Waals surface area contributed by atoms with Gasteiger partial charge in [0.1, 0.15) is 20.3 Å². The highest BCUT2D eigenvalue weighted by Gasteiger charge is 2.30. The largest absolute Gasteiger partial charge is 0.497 e. The normalized spacial score (nSPS) is 17.0. The third-order valence-corrected chi connectivity index (χ3v) is 5.88. The maximum Gasteiger partial charge on any atom is 0.148 e. The van der Waals surface area contributed by atoms with Gasteiger partial charge in [-0.05, 0) is 29.3 Å². The minimum Gasteiger partial charge on any atom is -0.497 e. The molecular formula is C16H13ClO5S. The van der Waals surface area contributed by atoms with Gasteiger partial charge in [-0.1, -0.05) is 42.5 Å². The fourth-order valence-electron chi connectivity index (χ4n) is 2.24. The molecule has 0 saturated heterocycles. The Balaban J connectivity index is 2.21. The van der Waals surface area contributed by atoms with Gasteiger partial charge in [0.15, 0.2) is 0 Å². The molecule has 0 bridgehead atoms. The number of halogens is 1. The van der Waals surface area contributed by atoms with Gasteiger partial charge < -0.3 is 4.74 Å². The fourth-order valence-corrected chi connectivity index (χ4v) is 4.75. The van der Waals surface area contributed by atoms with Gasteiger partial charge in [-0.2, -0.15) is 14.0 Å². The molecule has 0 aliphatic carbocycles. The van der Waals surface area contributed by atoms with Crippen LogP contribution in [0.15, 0.2) is 59.5 Å². The molecule has 7 heteroatoms. The SMILES string of the molecule is COc1ccc2c(c1)S(O[Cl+3]([O-])([O-])[O-])=C(c1ccccc1)C=C2. The van der Waals surface area contributed by atoms with Crippen LogP contribution in [0.4, 0.5) is 0 Å². The second-order valence-electron chi connectivity index (χ2n) is 4.68. The van der Waals surface area contributed by atoms with Gasteiger partial charge in [-0.15, -0.1) is 0 Å². The molecule has 5 nitrogen and oxygen atoms in total. The predicted molar refractivity (Wildman–Crippen MR) is 79.5 cm³/mol. The maximum absolute atomic E-state index is 11.2. The summed E-state index contributed by atoms with van der Waals surface area (Å²) in [7, 11) is -4.40. The first-order valence-corrected chi connectivity index (χ1v) is 9.00. The first-order chi connectivity index (χ1) is 11.0. The summed E-state index contributed by atoms with van der Waals surface area (Å²) in [6, 6.07) is 14.4. The van der Waals surface area contributed by atoms with Crippen LogP contribution in [-0.4, -0.2) is 12.0 Å². The van der Waals surface area contributed by atoms with Crippen LogP contribution in [0.5, 0.6) is 5.75 Å². The second kappa shape index (κ2) is 6.45. The highest BCUT2D eigenvalue weighted by atomic mass is 35.7. The van der Waals surface area contributed by atoms with Gasteiger partial charge >= 0.3 is 0 Å². The summed E-state index contributed by atoms with van der Waals surface area (Å²) in [5.41, 5.74) is 1.58. The molecule has 2 aromatic carbocycles. The van der Waals surface area contributed by atoms with Gasteiger partial charge in [0, 0.05) is 0 Å². The van der Waals surface area contributed by atoms with Crippen molar-refractivity contribution in [1.29, 1.82) is 0 Å². The van der Waals surface area contributed by atoms with E-state index >= 15 is 0 Å². The number of rotatable bonds is 4. The lowest BCUT2D eigenvalue weighted by Gasteiger charge is -2.20. The van der Waals surface area contributed by atoms with Crippen LogP contribution in [0.3, 0.4) is 0 Å². The van der Waals surface area contributed by atoms with Crippen LogP contribution in [0, 0.1) is 10.2 Å². The fraction of sp³-hybridized carbons (Fsp3) is 0.0625. The summed E-state index contributed by atoms with van der Waals surface area (Å²) in [5, 5.41) is 0. The summed E-state index contributed by atoms with van der Waals surface area (Å²) in [6.07, 6.45) is 3.63. The van der Waals surface area contributed by atoms with E-state index in [1.165, 1.54) is 7.11 Å². The van der Waals surface area contributed by atoms with E-state index in [0.29, 0.717) is 15.5 Å². The average Bonchev–Trinajstić information content (AvgIpc) is 2.54. The number of fused-ring (bicyclic) bond motifs is 1. The highest BCUT2D eigenvalue weighted by Crippen LogP contribution is 2.41. The van der Waals surface area contributed by atoms with Crippen molar-refractivity contribution in [3.05, 3.63) is 65.7 Å². The molecule has 0 spiro atoms. The summed E-state index contributed by atoms with van der Waals surface area (Å²) in [4.78, 5) is 1.22. The van der Waals surface area contributed by atoms with E-state index in [-0.39, 0.29) is 0 Å². The van der Waals surface area contributed by atoms with Crippen molar-refractivity contribution in [3.63, 3.8) is 0 Å². The number of hydrogen-bond acceptors (Lipinski definition) is 5. The summed E-state index contributed by atoms with van der Waals surface area (Å²) < 4.78 is 43.5. The Morgan fingerprint density at radius 1 is 0.957 bits per heavy atom. The Labute approximate surface area is 138 Å². The van der Waals surface area contributed by atoms with E-state index in [1.807, 2.05) is 36.4 Å². The Morgan fingerprint density at radius 2 is 1.70 bits per heavy atom. The van der Waals surface area contributed by atoms with Crippen LogP contribution in [-0.2, 0) is 3.74 Å². The number of allylic oxidation sites excluding steroid dienone is 1. The molecule has 0 amide bonds. The van der Waals surface area contributed by atoms with E-state index in [9.17, 15) is 14.0 Å². The molecule has 1 unspecified atom stereocenters. The lowest BCUT2D eigenvalue weighted by atomic mass is 10.1. The minimum absolute atomic E-state index is 0.563. The summed E-state index contributed by atoms with van der Waals surface area (Å²) >= 11 is 0. The van der Waals surface area contributed by atoms with Crippen LogP contribution in [0.2, 0.25) is 0 Å². The third kappa shape index (κ3) is 3.64. The van der Waals surface area contributed by atoms with Crippen LogP contribution in [0.25, 0.3) is 6.08 Å². The highest BCUT2D eigenvalue weighted by molar-refractivity contribution is 8.12. The average molecular weight is 353 g/mol. The molecule has 2 aromatic rings. The van der Waals surface area contributed by atoms with Crippen molar-refractivity contribution in [2.75, 3.05) is 7.11 Å². The molecule has 1 aliphatic heterocycles. The Morgan fingerprint density at radius 3 is 2.35 bits per heavy atom. The molecule has 0 saturated carbocycles. The number of ether oxygens (including phenoxy) is 1. The van der Waals surface area contributed by atoms with E-state index < -0.39 is 21.0 Å².